The first-order valence-corrected chi connectivity index (χ1v) is 10.6. The number of nitrogens with zero attached hydrogens (tertiary/aromatic N) is 5. The zero-order valence-electron chi connectivity index (χ0n) is 16.4. The summed E-state index contributed by atoms with van der Waals surface area (Å²) in [4.78, 5) is 17.5. The van der Waals surface area contributed by atoms with Crippen molar-refractivity contribution in [3.63, 3.8) is 0 Å². The van der Waals surface area contributed by atoms with E-state index in [2.05, 4.69) is 39.5 Å². The Morgan fingerprint density at radius 2 is 2.20 bits per heavy atom. The van der Waals surface area contributed by atoms with E-state index >= 15 is 0 Å². The Kier molecular flexibility index (Phi) is 4.58. The van der Waals surface area contributed by atoms with E-state index in [0.717, 1.165) is 23.5 Å². The molecule has 30 heavy (non-hydrogen) atoms. The maximum Gasteiger partial charge on any atom is 0.210 e. The van der Waals surface area contributed by atoms with Crippen molar-refractivity contribution < 1.29 is 9.13 Å². The number of halogens is 1. The topological polar surface area (TPSA) is 98.6 Å². The van der Waals surface area contributed by atoms with Gasteiger partial charge in [-0.3, -0.25) is 4.79 Å². The van der Waals surface area contributed by atoms with Crippen molar-refractivity contribution in [2.45, 2.75) is 45.3 Å². The minimum Gasteiger partial charge on any atom is -0.483 e. The normalized spacial score (nSPS) is 14.0. The van der Waals surface area contributed by atoms with Gasteiger partial charge < -0.3 is 9.30 Å². The van der Waals surface area contributed by atoms with Crippen LogP contribution in [0.5, 0.6) is 5.75 Å². The molecule has 0 amide bonds. The van der Waals surface area contributed by atoms with Crippen molar-refractivity contribution in [1.29, 1.82) is 0 Å². The fourth-order valence-electron chi connectivity index (χ4n) is 3.35. The molecule has 8 nitrogen and oxygen atoms in total. The van der Waals surface area contributed by atoms with E-state index in [4.69, 9.17) is 4.74 Å². The summed E-state index contributed by atoms with van der Waals surface area (Å²) in [6, 6.07) is 3.09. The molecule has 10 heteroatoms. The fourth-order valence-corrected chi connectivity index (χ4v) is 4.21. The van der Waals surface area contributed by atoms with Gasteiger partial charge in [0.15, 0.2) is 11.6 Å². The van der Waals surface area contributed by atoms with Gasteiger partial charge in [0.25, 0.3) is 0 Å². The molecule has 0 radical (unpaired) electrons. The maximum atomic E-state index is 14.8. The number of hydrogen-bond acceptors (Lipinski definition) is 7. The van der Waals surface area contributed by atoms with Crippen LogP contribution in [-0.2, 0) is 6.61 Å². The summed E-state index contributed by atoms with van der Waals surface area (Å²) in [5.41, 5.74) is 1.58. The van der Waals surface area contributed by atoms with Crippen LogP contribution in [0.2, 0.25) is 0 Å². The first-order chi connectivity index (χ1) is 14.5. The molecule has 1 saturated carbocycles. The second kappa shape index (κ2) is 7.28. The molecule has 5 rings (SSSR count). The molecule has 0 atom stereocenters. The van der Waals surface area contributed by atoms with Gasteiger partial charge in [-0.1, -0.05) is 13.8 Å². The second-order valence-electron chi connectivity index (χ2n) is 7.66. The highest BCUT2D eigenvalue weighted by molar-refractivity contribution is 7.09. The molecule has 3 heterocycles. The lowest BCUT2D eigenvalue weighted by Crippen LogP contribution is -2.13. The van der Waals surface area contributed by atoms with Crippen LogP contribution in [0.1, 0.15) is 49.4 Å². The van der Waals surface area contributed by atoms with Gasteiger partial charge in [-0.05, 0) is 30.0 Å². The van der Waals surface area contributed by atoms with Crippen molar-refractivity contribution in [2.75, 3.05) is 0 Å². The number of aromatic amines is 1. The van der Waals surface area contributed by atoms with Gasteiger partial charge in [0.2, 0.25) is 11.3 Å². The number of thiazole rings is 1. The number of tetrazole rings is 1. The molecule has 1 aliphatic rings. The van der Waals surface area contributed by atoms with Gasteiger partial charge in [-0.25, -0.2) is 9.37 Å². The molecular weight excluding hydrogens is 407 g/mol. The maximum absolute atomic E-state index is 14.8. The van der Waals surface area contributed by atoms with Gasteiger partial charge in [-0.15, -0.1) is 21.5 Å². The van der Waals surface area contributed by atoms with Gasteiger partial charge in [0.1, 0.15) is 11.6 Å². The lowest BCUT2D eigenvalue weighted by atomic mass is 10.1. The first-order valence-electron chi connectivity index (χ1n) is 9.70. The molecule has 0 bridgehead atoms. The number of rotatable bonds is 6. The van der Waals surface area contributed by atoms with Gasteiger partial charge in [-0.2, -0.15) is 5.21 Å². The molecule has 1 aliphatic carbocycles. The van der Waals surface area contributed by atoms with Crippen molar-refractivity contribution in [2.24, 2.45) is 0 Å². The molecule has 3 aromatic heterocycles. The van der Waals surface area contributed by atoms with E-state index in [1.807, 2.05) is 9.95 Å². The van der Waals surface area contributed by atoms with Crippen molar-refractivity contribution in [3.05, 3.63) is 50.5 Å². The third-order valence-corrected chi connectivity index (χ3v) is 5.97. The molecule has 1 fully saturated rings. The molecule has 4 aromatic rings. The number of aromatic nitrogens is 6. The SMILES string of the molecule is CC(C)c1csc(COc2cc3c(cc2F)c(=O)c(-c2nn[nH]n2)cn3C2CC2)n1. The summed E-state index contributed by atoms with van der Waals surface area (Å²) in [5.74, 6) is 0.0355. The molecule has 0 spiro atoms. The quantitative estimate of drug-likeness (QED) is 0.503. The largest absolute Gasteiger partial charge is 0.483 e. The van der Waals surface area contributed by atoms with Crippen LogP contribution < -0.4 is 10.2 Å². The zero-order chi connectivity index (χ0) is 20.8. The molecule has 0 saturated heterocycles. The minimum atomic E-state index is -0.590. The molecule has 1 N–H and O–H groups in total. The highest BCUT2D eigenvalue weighted by Gasteiger charge is 2.27. The number of hydrogen-bond donors (Lipinski definition) is 1. The number of benzene rings is 1. The molecular formula is C20H19FN6O2S. The van der Waals surface area contributed by atoms with E-state index < -0.39 is 5.82 Å². The summed E-state index contributed by atoms with van der Waals surface area (Å²) < 4.78 is 22.5. The van der Waals surface area contributed by atoms with Gasteiger partial charge >= 0.3 is 0 Å². The third-order valence-electron chi connectivity index (χ3n) is 5.12. The van der Waals surface area contributed by atoms with Crippen LogP contribution in [0.15, 0.2) is 28.5 Å². The standard InChI is InChI=1S/C20H19FN6O2S/c1-10(2)15-9-30-18(22-15)8-29-17-6-16-12(5-14(17)21)19(28)13(20-23-25-26-24-20)7-27(16)11-3-4-11/h5-7,9-11H,3-4,8H2,1-2H3,(H,23,24,25,26). The van der Waals surface area contributed by atoms with Crippen LogP contribution >= 0.6 is 11.3 Å². The number of H-pyrrole nitrogens is 1. The molecule has 0 unspecified atom stereocenters. The highest BCUT2D eigenvalue weighted by atomic mass is 32.1. The lowest BCUT2D eigenvalue weighted by molar-refractivity contribution is 0.290. The third kappa shape index (κ3) is 3.36. The smallest absolute Gasteiger partial charge is 0.210 e. The Morgan fingerprint density at radius 3 is 2.87 bits per heavy atom. The Hall–Kier alpha value is -3.14. The summed E-state index contributed by atoms with van der Waals surface area (Å²) in [6.45, 7) is 4.32. The summed E-state index contributed by atoms with van der Waals surface area (Å²) in [5, 5.41) is 16.7. The van der Waals surface area contributed by atoms with Crippen LogP contribution in [-0.4, -0.2) is 30.2 Å². The summed E-state index contributed by atoms with van der Waals surface area (Å²) in [6.07, 6.45) is 3.72. The predicted molar refractivity (Wildman–Crippen MR) is 110 cm³/mol. The summed E-state index contributed by atoms with van der Waals surface area (Å²) >= 11 is 1.49. The van der Waals surface area contributed by atoms with Crippen LogP contribution in [0.4, 0.5) is 4.39 Å². The first kappa shape index (κ1) is 18.9. The zero-order valence-corrected chi connectivity index (χ0v) is 17.2. The van der Waals surface area contributed by atoms with Crippen molar-refractivity contribution in [3.8, 4) is 17.1 Å². The number of pyridine rings is 1. The fraction of sp³-hybridized carbons (Fsp3) is 0.350. The van der Waals surface area contributed by atoms with E-state index in [1.165, 1.54) is 17.4 Å². The van der Waals surface area contributed by atoms with Gasteiger partial charge in [0, 0.05) is 29.1 Å². The van der Waals surface area contributed by atoms with Crippen LogP contribution in [0, 0.1) is 5.82 Å². The summed E-state index contributed by atoms with van der Waals surface area (Å²) in [7, 11) is 0. The lowest BCUT2D eigenvalue weighted by Gasteiger charge is -2.14. The molecule has 154 valence electrons. The van der Waals surface area contributed by atoms with Crippen LogP contribution in [0.3, 0.4) is 0 Å². The molecule has 1 aromatic carbocycles. The monoisotopic (exact) mass is 426 g/mol. The highest BCUT2D eigenvalue weighted by Crippen LogP contribution is 2.38. The second-order valence-corrected chi connectivity index (χ2v) is 8.60. The van der Waals surface area contributed by atoms with E-state index in [-0.39, 0.29) is 35.0 Å². The minimum absolute atomic E-state index is 0.102. The average Bonchev–Trinajstić information content (AvgIpc) is 3.22. The Labute approximate surface area is 174 Å². The number of fused-ring (bicyclic) bond motifs is 1. The average molecular weight is 426 g/mol. The number of nitrogens with one attached hydrogen (secondary N) is 1. The van der Waals surface area contributed by atoms with E-state index in [0.29, 0.717) is 17.0 Å². The predicted octanol–water partition coefficient (Wildman–Crippen LogP) is 3.81. The van der Waals surface area contributed by atoms with Crippen LogP contribution in [0.25, 0.3) is 22.3 Å². The van der Waals surface area contributed by atoms with Gasteiger partial charge in [0.05, 0.1) is 16.8 Å². The molecule has 0 aliphatic heterocycles. The Bertz CT molecular complexity index is 1280. The Morgan fingerprint density at radius 1 is 1.37 bits per heavy atom. The van der Waals surface area contributed by atoms with Crippen molar-refractivity contribution in [1.82, 2.24) is 30.2 Å². The number of ether oxygens (including phenoxy) is 1. The van der Waals surface area contributed by atoms with Crippen molar-refractivity contribution >= 4 is 22.2 Å². The van der Waals surface area contributed by atoms with E-state index in [1.54, 1.807) is 12.3 Å². The Balaban J connectivity index is 1.54. The van der Waals surface area contributed by atoms with E-state index in [9.17, 15) is 9.18 Å².